The van der Waals surface area contributed by atoms with E-state index < -0.39 is 0 Å². The number of hydrogen-bond acceptors (Lipinski definition) is 2. The fourth-order valence-corrected chi connectivity index (χ4v) is 1.88. The topological polar surface area (TPSA) is 33.1 Å². The van der Waals surface area contributed by atoms with Crippen LogP contribution in [0.3, 0.4) is 0 Å². The number of halogens is 1. The molecule has 1 aromatic heterocycles. The minimum absolute atomic E-state index is 0.0839. The molecular formula is C10H14BrNO. The Morgan fingerprint density at radius 3 is 2.85 bits per heavy atom. The van der Waals surface area contributed by atoms with Gasteiger partial charge in [-0.25, -0.2) is 0 Å². The second-order valence-electron chi connectivity index (χ2n) is 3.13. The summed E-state index contributed by atoms with van der Waals surface area (Å²) in [5.41, 5.74) is 0.928. The molecule has 0 saturated heterocycles. The Hall–Kier alpha value is -0.410. The van der Waals surface area contributed by atoms with Crippen LogP contribution in [0, 0.1) is 0 Å². The van der Waals surface area contributed by atoms with E-state index in [4.69, 9.17) is 0 Å². The van der Waals surface area contributed by atoms with Crippen molar-refractivity contribution in [3.63, 3.8) is 0 Å². The molecule has 0 fully saturated rings. The van der Waals surface area contributed by atoms with Crippen molar-refractivity contribution < 1.29 is 5.11 Å². The minimum Gasteiger partial charge on any atom is -0.392 e. The van der Waals surface area contributed by atoms with Crippen molar-refractivity contribution >= 4 is 15.9 Å². The molecule has 3 heteroatoms. The van der Waals surface area contributed by atoms with E-state index in [-0.39, 0.29) is 12.0 Å². The first-order valence-corrected chi connectivity index (χ1v) is 5.24. The van der Waals surface area contributed by atoms with Crippen LogP contribution in [0.5, 0.6) is 0 Å². The quantitative estimate of drug-likeness (QED) is 0.886. The van der Waals surface area contributed by atoms with Gasteiger partial charge in [-0.05, 0) is 34.5 Å². The summed E-state index contributed by atoms with van der Waals surface area (Å²) in [6.45, 7) is 3.96. The van der Waals surface area contributed by atoms with Crippen LogP contribution in [-0.2, 0) is 0 Å². The van der Waals surface area contributed by atoms with E-state index in [0.717, 1.165) is 16.6 Å². The zero-order valence-electron chi connectivity index (χ0n) is 7.87. The van der Waals surface area contributed by atoms with E-state index in [0.29, 0.717) is 0 Å². The molecule has 0 aliphatic rings. The summed E-state index contributed by atoms with van der Waals surface area (Å²) in [7, 11) is 0. The third kappa shape index (κ3) is 2.51. The lowest BCUT2D eigenvalue weighted by molar-refractivity contribution is 0.143. The maximum Gasteiger partial charge on any atom is 0.0619 e. The summed E-state index contributed by atoms with van der Waals surface area (Å²) in [6, 6.07) is 3.82. The number of rotatable bonds is 3. The van der Waals surface area contributed by atoms with E-state index >= 15 is 0 Å². The summed E-state index contributed by atoms with van der Waals surface area (Å²) in [4.78, 5) is 4.24. The largest absolute Gasteiger partial charge is 0.392 e. The van der Waals surface area contributed by atoms with E-state index in [1.807, 2.05) is 26.0 Å². The molecule has 2 nitrogen and oxygen atoms in total. The normalized spacial score (nSPS) is 15.4. The molecule has 2 unspecified atom stereocenters. The molecule has 0 aliphatic carbocycles. The molecule has 0 aliphatic heterocycles. The van der Waals surface area contributed by atoms with Gasteiger partial charge in [0.15, 0.2) is 0 Å². The number of nitrogens with zero attached hydrogens (tertiary/aromatic N) is 1. The lowest BCUT2D eigenvalue weighted by atomic mass is 9.98. The standard InChI is InChI=1S/C10H14BrNO/c1-3-9(13)7(2)10-8(11)5-4-6-12-10/h4-7,9,13H,3H2,1-2H3. The number of hydrogen-bond donors (Lipinski definition) is 1. The first-order chi connectivity index (χ1) is 6.16. The van der Waals surface area contributed by atoms with E-state index in [1.165, 1.54) is 0 Å². The Morgan fingerprint density at radius 2 is 2.31 bits per heavy atom. The molecule has 0 amide bonds. The second-order valence-corrected chi connectivity index (χ2v) is 3.99. The monoisotopic (exact) mass is 243 g/mol. The molecule has 0 spiro atoms. The maximum atomic E-state index is 9.64. The molecular weight excluding hydrogens is 230 g/mol. The van der Waals surface area contributed by atoms with E-state index in [9.17, 15) is 5.11 Å². The number of pyridine rings is 1. The Morgan fingerprint density at radius 1 is 1.62 bits per heavy atom. The van der Waals surface area contributed by atoms with Crippen molar-refractivity contribution in [3.05, 3.63) is 28.5 Å². The minimum atomic E-state index is -0.314. The summed E-state index contributed by atoms with van der Waals surface area (Å²) < 4.78 is 0.968. The number of aliphatic hydroxyl groups is 1. The van der Waals surface area contributed by atoms with Crippen LogP contribution in [0.4, 0.5) is 0 Å². The van der Waals surface area contributed by atoms with Gasteiger partial charge in [-0.15, -0.1) is 0 Å². The summed E-state index contributed by atoms with van der Waals surface area (Å²) in [6.07, 6.45) is 2.19. The van der Waals surface area contributed by atoms with Crippen LogP contribution in [0.15, 0.2) is 22.8 Å². The van der Waals surface area contributed by atoms with Crippen LogP contribution >= 0.6 is 15.9 Å². The van der Waals surface area contributed by atoms with Crippen LogP contribution < -0.4 is 0 Å². The molecule has 1 heterocycles. The van der Waals surface area contributed by atoms with Crippen molar-refractivity contribution in [1.29, 1.82) is 0 Å². The Bertz CT molecular complexity index is 277. The zero-order valence-corrected chi connectivity index (χ0v) is 9.45. The smallest absolute Gasteiger partial charge is 0.0619 e. The van der Waals surface area contributed by atoms with Crippen LogP contribution in [0.25, 0.3) is 0 Å². The molecule has 2 atom stereocenters. The van der Waals surface area contributed by atoms with Gasteiger partial charge < -0.3 is 5.11 Å². The van der Waals surface area contributed by atoms with Gasteiger partial charge in [0.1, 0.15) is 0 Å². The highest BCUT2D eigenvalue weighted by Crippen LogP contribution is 2.25. The van der Waals surface area contributed by atoms with Gasteiger partial charge in [0.25, 0.3) is 0 Å². The van der Waals surface area contributed by atoms with Crippen molar-refractivity contribution in [3.8, 4) is 0 Å². The van der Waals surface area contributed by atoms with Gasteiger partial charge >= 0.3 is 0 Å². The average molecular weight is 244 g/mol. The molecule has 72 valence electrons. The average Bonchev–Trinajstić information content (AvgIpc) is 2.16. The van der Waals surface area contributed by atoms with Crippen molar-refractivity contribution in [2.24, 2.45) is 0 Å². The highest BCUT2D eigenvalue weighted by atomic mass is 79.9. The molecule has 1 N–H and O–H groups in total. The molecule has 13 heavy (non-hydrogen) atoms. The van der Waals surface area contributed by atoms with Gasteiger partial charge in [0.05, 0.1) is 11.8 Å². The van der Waals surface area contributed by atoms with Gasteiger partial charge in [-0.2, -0.15) is 0 Å². The van der Waals surface area contributed by atoms with E-state index in [1.54, 1.807) is 6.20 Å². The molecule has 0 radical (unpaired) electrons. The Balaban J connectivity index is 2.88. The van der Waals surface area contributed by atoms with Crippen LogP contribution in [0.2, 0.25) is 0 Å². The molecule has 0 bridgehead atoms. The fourth-order valence-electron chi connectivity index (χ4n) is 1.27. The SMILES string of the molecule is CCC(O)C(C)c1ncccc1Br. The van der Waals surface area contributed by atoms with Crippen molar-refractivity contribution in [2.45, 2.75) is 32.3 Å². The van der Waals surface area contributed by atoms with Crippen molar-refractivity contribution in [1.82, 2.24) is 4.98 Å². The first kappa shape index (κ1) is 10.7. The highest BCUT2D eigenvalue weighted by molar-refractivity contribution is 9.10. The predicted molar refractivity (Wildman–Crippen MR) is 56.6 cm³/mol. The second kappa shape index (κ2) is 4.72. The Kier molecular flexibility index (Phi) is 3.88. The summed E-state index contributed by atoms with van der Waals surface area (Å²) >= 11 is 3.42. The lowest BCUT2D eigenvalue weighted by Gasteiger charge is -2.17. The third-order valence-electron chi connectivity index (χ3n) is 2.21. The van der Waals surface area contributed by atoms with Crippen molar-refractivity contribution in [2.75, 3.05) is 0 Å². The molecule has 0 aromatic carbocycles. The molecule has 1 rings (SSSR count). The van der Waals surface area contributed by atoms with E-state index in [2.05, 4.69) is 20.9 Å². The number of aromatic nitrogens is 1. The van der Waals surface area contributed by atoms with Gasteiger partial charge in [0.2, 0.25) is 0 Å². The summed E-state index contributed by atoms with van der Waals surface area (Å²) in [5, 5.41) is 9.64. The summed E-state index contributed by atoms with van der Waals surface area (Å²) in [5.74, 6) is 0.0839. The number of aliphatic hydroxyl groups excluding tert-OH is 1. The van der Waals surface area contributed by atoms with Gasteiger partial charge in [0, 0.05) is 16.6 Å². The fraction of sp³-hybridized carbons (Fsp3) is 0.500. The first-order valence-electron chi connectivity index (χ1n) is 4.45. The lowest BCUT2D eigenvalue weighted by Crippen LogP contribution is -2.15. The molecule has 1 aromatic rings. The zero-order chi connectivity index (χ0) is 9.84. The maximum absolute atomic E-state index is 9.64. The van der Waals surface area contributed by atoms with Gasteiger partial charge in [-0.1, -0.05) is 13.8 Å². The third-order valence-corrected chi connectivity index (χ3v) is 2.88. The van der Waals surface area contributed by atoms with Crippen LogP contribution in [0.1, 0.15) is 31.9 Å². The van der Waals surface area contributed by atoms with Crippen LogP contribution in [-0.4, -0.2) is 16.2 Å². The predicted octanol–water partition coefficient (Wildman–Crippen LogP) is 2.72. The highest BCUT2D eigenvalue weighted by Gasteiger charge is 2.17. The Labute approximate surface area is 87.1 Å². The molecule has 0 saturated carbocycles. The van der Waals surface area contributed by atoms with Gasteiger partial charge in [-0.3, -0.25) is 4.98 Å².